The molecule has 1 aliphatic heterocycles. The molecular formula is C31H52O2. The first-order valence-electron chi connectivity index (χ1n) is 14.3. The summed E-state index contributed by atoms with van der Waals surface area (Å²) in [6, 6.07) is 0. The van der Waals surface area contributed by atoms with Gasteiger partial charge in [-0.1, -0.05) is 55.4 Å². The predicted molar refractivity (Wildman–Crippen MR) is 136 cm³/mol. The molecule has 5 fully saturated rings. The smallest absolute Gasteiger partial charge is 0.138 e. The maximum Gasteiger partial charge on any atom is 0.138 e. The Bertz CT molecular complexity index is 829. The highest BCUT2D eigenvalue weighted by atomic mass is 16.5. The van der Waals surface area contributed by atoms with Gasteiger partial charge in [0.05, 0.1) is 12.2 Å². The van der Waals surface area contributed by atoms with Crippen LogP contribution >= 0.6 is 0 Å². The van der Waals surface area contributed by atoms with E-state index in [1.165, 1.54) is 44.9 Å². The third kappa shape index (κ3) is 2.97. The highest BCUT2D eigenvalue weighted by molar-refractivity contribution is 5.85. The average Bonchev–Trinajstić information content (AvgIpc) is 3.25. The molecule has 0 amide bonds. The van der Waals surface area contributed by atoms with Crippen molar-refractivity contribution in [3.63, 3.8) is 0 Å². The van der Waals surface area contributed by atoms with Crippen molar-refractivity contribution < 1.29 is 9.53 Å². The van der Waals surface area contributed by atoms with Crippen LogP contribution in [0.3, 0.4) is 0 Å². The number of ether oxygens (including phenoxy) is 1. The van der Waals surface area contributed by atoms with Gasteiger partial charge in [0.15, 0.2) is 0 Å². The molecule has 33 heavy (non-hydrogen) atoms. The Balaban J connectivity index is 1.46. The molecule has 9 unspecified atom stereocenters. The zero-order valence-electron chi connectivity index (χ0n) is 23.3. The number of carbonyl (C=O) groups is 1. The predicted octanol–water partition coefficient (Wildman–Crippen LogP) is 8.08. The number of rotatable bonds is 2. The zero-order valence-corrected chi connectivity index (χ0v) is 23.3. The summed E-state index contributed by atoms with van der Waals surface area (Å²) in [6.45, 7) is 23.1. The lowest BCUT2D eigenvalue weighted by Gasteiger charge is -2.69. The second-order valence-electron chi connectivity index (χ2n) is 15.5. The molecule has 0 aromatic rings. The molecule has 4 aliphatic carbocycles. The molecule has 5 aliphatic rings. The van der Waals surface area contributed by atoms with Crippen LogP contribution in [0, 0.1) is 56.7 Å². The molecule has 4 saturated carbocycles. The molecule has 0 radical (unpaired) electrons. The van der Waals surface area contributed by atoms with Crippen molar-refractivity contribution in [3.8, 4) is 0 Å². The Kier molecular flexibility index (Phi) is 5.24. The minimum atomic E-state index is -0.139. The Hall–Kier alpha value is -0.370. The minimum absolute atomic E-state index is 0.0423. The van der Waals surface area contributed by atoms with Gasteiger partial charge in [0, 0.05) is 11.8 Å². The topological polar surface area (TPSA) is 26.3 Å². The van der Waals surface area contributed by atoms with E-state index < -0.39 is 0 Å². The fraction of sp³-hybridized carbons (Fsp3) is 0.968. The van der Waals surface area contributed by atoms with Gasteiger partial charge < -0.3 is 4.74 Å². The van der Waals surface area contributed by atoms with Crippen molar-refractivity contribution in [3.05, 3.63) is 0 Å². The maximum absolute atomic E-state index is 12.9. The molecule has 0 aromatic heterocycles. The van der Waals surface area contributed by atoms with E-state index in [0.29, 0.717) is 39.3 Å². The van der Waals surface area contributed by atoms with Gasteiger partial charge in [0.1, 0.15) is 5.78 Å². The first kappa shape index (κ1) is 24.3. The third-order valence-electron chi connectivity index (χ3n) is 13.7. The van der Waals surface area contributed by atoms with Gasteiger partial charge in [-0.25, -0.2) is 0 Å². The van der Waals surface area contributed by atoms with E-state index >= 15 is 0 Å². The third-order valence-corrected chi connectivity index (χ3v) is 13.7. The summed E-state index contributed by atoms with van der Waals surface area (Å²) < 4.78 is 6.56. The van der Waals surface area contributed by atoms with E-state index in [0.717, 1.165) is 37.2 Å². The van der Waals surface area contributed by atoms with E-state index in [1.54, 1.807) is 0 Å². The average molecular weight is 457 g/mol. The summed E-state index contributed by atoms with van der Waals surface area (Å²) in [4.78, 5) is 12.9. The standard InChI is InChI=1S/C31H52O2/c1-20(2)31(9)18-27(5,19-33-31)21-12-16-29(7)22(21)10-11-24-28(6)15-14-25(32)26(3,4)23(28)13-17-30(24,29)8/h20-24H,10-19H2,1-9H3. The second-order valence-corrected chi connectivity index (χ2v) is 15.5. The van der Waals surface area contributed by atoms with Gasteiger partial charge in [0.2, 0.25) is 0 Å². The van der Waals surface area contributed by atoms with Crippen molar-refractivity contribution in [2.24, 2.45) is 56.7 Å². The summed E-state index contributed by atoms with van der Waals surface area (Å²) >= 11 is 0. The molecule has 2 heteroatoms. The molecule has 9 atom stereocenters. The van der Waals surface area contributed by atoms with Crippen LogP contribution in [0.5, 0.6) is 0 Å². The van der Waals surface area contributed by atoms with E-state index in [-0.39, 0.29) is 11.0 Å². The molecule has 5 rings (SSSR count). The summed E-state index contributed by atoms with van der Waals surface area (Å²) in [5.74, 6) is 4.07. The molecule has 188 valence electrons. The Morgan fingerprint density at radius 2 is 1.45 bits per heavy atom. The van der Waals surface area contributed by atoms with E-state index in [4.69, 9.17) is 4.74 Å². The first-order chi connectivity index (χ1) is 15.1. The largest absolute Gasteiger partial charge is 0.374 e. The molecular weight excluding hydrogens is 404 g/mol. The van der Waals surface area contributed by atoms with Crippen LogP contribution < -0.4 is 0 Å². The molecule has 1 heterocycles. The number of carbonyl (C=O) groups excluding carboxylic acids is 1. The fourth-order valence-electron chi connectivity index (χ4n) is 11.2. The molecule has 0 bridgehead atoms. The van der Waals surface area contributed by atoms with Crippen LogP contribution in [0.25, 0.3) is 0 Å². The van der Waals surface area contributed by atoms with Crippen molar-refractivity contribution in [2.75, 3.05) is 6.61 Å². The van der Waals surface area contributed by atoms with Crippen molar-refractivity contribution in [1.29, 1.82) is 0 Å². The van der Waals surface area contributed by atoms with Crippen molar-refractivity contribution in [2.45, 2.75) is 126 Å². The SMILES string of the molecule is CC(C)C1(C)CC(C)(C2CCC3(C)C2CCC2C4(C)CCC(=O)C(C)(C)C4CCC23C)CO1. The lowest BCUT2D eigenvalue weighted by atomic mass is 9.35. The number of hydrogen-bond acceptors (Lipinski definition) is 2. The summed E-state index contributed by atoms with van der Waals surface area (Å²) in [7, 11) is 0. The van der Waals surface area contributed by atoms with Gasteiger partial charge in [-0.3, -0.25) is 4.79 Å². The van der Waals surface area contributed by atoms with Crippen LogP contribution in [0.2, 0.25) is 0 Å². The van der Waals surface area contributed by atoms with Gasteiger partial charge in [-0.05, 0) is 110 Å². The van der Waals surface area contributed by atoms with Crippen molar-refractivity contribution >= 4 is 5.78 Å². The van der Waals surface area contributed by atoms with Crippen LogP contribution in [-0.4, -0.2) is 18.0 Å². The monoisotopic (exact) mass is 456 g/mol. The van der Waals surface area contributed by atoms with Crippen LogP contribution in [-0.2, 0) is 9.53 Å². The quantitative estimate of drug-likeness (QED) is 0.420. The van der Waals surface area contributed by atoms with Crippen LogP contribution in [0.15, 0.2) is 0 Å². The van der Waals surface area contributed by atoms with Gasteiger partial charge in [0.25, 0.3) is 0 Å². The molecule has 0 N–H and O–H groups in total. The van der Waals surface area contributed by atoms with E-state index in [9.17, 15) is 4.79 Å². The lowest BCUT2D eigenvalue weighted by molar-refractivity contribution is -0.204. The molecule has 1 saturated heterocycles. The van der Waals surface area contributed by atoms with Gasteiger partial charge >= 0.3 is 0 Å². The fourth-order valence-corrected chi connectivity index (χ4v) is 11.2. The molecule has 2 nitrogen and oxygen atoms in total. The number of Topliss-reactive ketones (excluding diaryl/α,β-unsaturated/α-hetero) is 1. The van der Waals surface area contributed by atoms with Crippen LogP contribution in [0.1, 0.15) is 120 Å². The maximum atomic E-state index is 12.9. The minimum Gasteiger partial charge on any atom is -0.374 e. The molecule has 0 spiro atoms. The second kappa shape index (κ2) is 7.10. The van der Waals surface area contributed by atoms with E-state index in [1.807, 2.05) is 0 Å². The summed E-state index contributed by atoms with van der Waals surface area (Å²) in [5, 5.41) is 0. The zero-order chi connectivity index (χ0) is 24.2. The van der Waals surface area contributed by atoms with Crippen molar-refractivity contribution in [1.82, 2.24) is 0 Å². The number of ketones is 1. The van der Waals surface area contributed by atoms with Gasteiger partial charge in [-0.15, -0.1) is 0 Å². The normalized spacial score (nSPS) is 55.9. The highest BCUT2D eigenvalue weighted by Crippen LogP contribution is 2.76. The van der Waals surface area contributed by atoms with Gasteiger partial charge in [-0.2, -0.15) is 0 Å². The van der Waals surface area contributed by atoms with Crippen LogP contribution in [0.4, 0.5) is 0 Å². The Morgan fingerprint density at radius 3 is 2.09 bits per heavy atom. The Labute approximate surface area is 204 Å². The number of hydrogen-bond donors (Lipinski definition) is 0. The summed E-state index contributed by atoms with van der Waals surface area (Å²) in [6.07, 6.45) is 11.3. The van der Waals surface area contributed by atoms with E-state index in [2.05, 4.69) is 62.3 Å². The number of fused-ring (bicyclic) bond motifs is 5. The lowest BCUT2D eigenvalue weighted by Crippen LogP contribution is -2.63. The molecule has 0 aromatic carbocycles. The Morgan fingerprint density at radius 1 is 0.788 bits per heavy atom. The first-order valence-corrected chi connectivity index (χ1v) is 14.3. The summed E-state index contributed by atoms with van der Waals surface area (Å²) in [5.41, 5.74) is 1.39. The highest BCUT2D eigenvalue weighted by Gasteiger charge is 2.70.